The molecule has 0 fully saturated rings. The van der Waals surface area contributed by atoms with Crippen molar-refractivity contribution in [1.29, 1.82) is 0 Å². The lowest BCUT2D eigenvalue weighted by molar-refractivity contribution is -0.386. The first-order valence-electron chi connectivity index (χ1n) is 7.09. The number of halogens is 2. The van der Waals surface area contributed by atoms with Crippen LogP contribution in [0, 0.1) is 10.1 Å². The molecule has 0 radical (unpaired) electrons. The highest BCUT2D eigenvalue weighted by Crippen LogP contribution is 2.39. The van der Waals surface area contributed by atoms with Crippen LogP contribution < -0.4 is 0 Å². The summed E-state index contributed by atoms with van der Waals surface area (Å²) in [6.45, 7) is 0.229. The summed E-state index contributed by atoms with van der Waals surface area (Å²) in [5, 5.41) is 12.7. The molecule has 0 aliphatic rings. The Morgan fingerprint density at radius 2 is 1.96 bits per heavy atom. The summed E-state index contributed by atoms with van der Waals surface area (Å²) in [4.78, 5) is 26.1. The average molecular weight is 377 g/mol. The summed E-state index contributed by atoms with van der Waals surface area (Å²) in [6.07, 6.45) is 0.352. The fraction of sp³-hybridized carbons (Fsp3) is 0.0588. The molecule has 1 atom stereocenters. The number of benzene rings is 2. The first kappa shape index (κ1) is 17.1. The minimum absolute atomic E-state index is 0.184. The molecule has 3 aromatic rings. The van der Waals surface area contributed by atoms with E-state index in [0.29, 0.717) is 21.5 Å². The molecule has 0 bridgehead atoms. The molecule has 126 valence electrons. The number of ether oxygens (including phenoxy) is 1. The lowest BCUT2D eigenvalue weighted by Crippen LogP contribution is -2.10. The molecule has 0 saturated carbocycles. The molecule has 1 heterocycles. The van der Waals surface area contributed by atoms with E-state index in [1.54, 1.807) is 24.3 Å². The number of hydrogen-bond acceptors (Lipinski definition) is 5. The second-order valence-electron chi connectivity index (χ2n) is 5.11. The maximum absolute atomic E-state index is 11.4. The van der Waals surface area contributed by atoms with Gasteiger partial charge in [0.1, 0.15) is 0 Å². The van der Waals surface area contributed by atoms with Gasteiger partial charge in [0.05, 0.1) is 26.0 Å². The quantitative estimate of drug-likeness (QED) is 0.365. The smallest absolute Gasteiger partial charge is 0.294 e. The van der Waals surface area contributed by atoms with E-state index in [9.17, 15) is 14.9 Å². The van der Waals surface area contributed by atoms with Gasteiger partial charge in [-0.05, 0) is 18.2 Å². The van der Waals surface area contributed by atoms with Crippen molar-refractivity contribution in [2.75, 3.05) is 0 Å². The van der Waals surface area contributed by atoms with E-state index in [2.05, 4.69) is 4.98 Å². The van der Waals surface area contributed by atoms with Gasteiger partial charge in [-0.25, -0.2) is 0 Å². The zero-order valence-corrected chi connectivity index (χ0v) is 14.1. The molecule has 0 aliphatic heterocycles. The van der Waals surface area contributed by atoms with Crippen molar-refractivity contribution in [3.8, 4) is 0 Å². The van der Waals surface area contributed by atoms with Gasteiger partial charge in [0, 0.05) is 23.2 Å². The van der Waals surface area contributed by atoms with Crippen molar-refractivity contribution >= 4 is 46.3 Å². The molecule has 0 saturated heterocycles. The maximum atomic E-state index is 11.4. The van der Waals surface area contributed by atoms with Crippen molar-refractivity contribution < 1.29 is 14.5 Å². The van der Waals surface area contributed by atoms with Crippen LogP contribution in [0.1, 0.15) is 17.2 Å². The second kappa shape index (κ2) is 7.04. The predicted molar refractivity (Wildman–Crippen MR) is 93.9 cm³/mol. The van der Waals surface area contributed by atoms with Crippen molar-refractivity contribution in [1.82, 2.24) is 4.98 Å². The highest BCUT2D eigenvalue weighted by molar-refractivity contribution is 6.33. The molecule has 8 heteroatoms. The van der Waals surface area contributed by atoms with E-state index < -0.39 is 11.0 Å². The summed E-state index contributed by atoms with van der Waals surface area (Å²) < 4.78 is 5.18. The van der Waals surface area contributed by atoms with Gasteiger partial charge >= 0.3 is 0 Å². The van der Waals surface area contributed by atoms with Gasteiger partial charge in [0.15, 0.2) is 6.10 Å². The second-order valence-corrected chi connectivity index (χ2v) is 5.96. The molecule has 0 amide bonds. The molecule has 1 aromatic heterocycles. The predicted octanol–water partition coefficient (Wildman–Crippen LogP) is 4.71. The van der Waals surface area contributed by atoms with Crippen LogP contribution in [0.25, 0.3) is 10.9 Å². The van der Waals surface area contributed by atoms with Crippen LogP contribution in [0.2, 0.25) is 10.0 Å². The molecule has 25 heavy (non-hydrogen) atoms. The average Bonchev–Trinajstić information content (AvgIpc) is 2.60. The Balaban J connectivity index is 2.30. The summed E-state index contributed by atoms with van der Waals surface area (Å²) in [5.74, 6) is 0. The highest BCUT2D eigenvalue weighted by Gasteiger charge is 2.28. The van der Waals surface area contributed by atoms with Crippen LogP contribution in [-0.2, 0) is 9.53 Å². The van der Waals surface area contributed by atoms with Gasteiger partial charge in [-0.3, -0.25) is 19.9 Å². The van der Waals surface area contributed by atoms with Crippen molar-refractivity contribution in [3.63, 3.8) is 0 Å². The standard InChI is InChI=1S/C17H10Cl2N2O4/c18-11-7-10-5-6-13(19)15(16(10)20-8-11)17(25-9-22)12-3-1-2-4-14(12)21(23)24/h1-9,17H. The van der Waals surface area contributed by atoms with Gasteiger partial charge in [0.25, 0.3) is 12.2 Å². The molecule has 0 N–H and O–H groups in total. The third-order valence-electron chi connectivity index (χ3n) is 3.68. The minimum atomic E-state index is -1.08. The fourth-order valence-electron chi connectivity index (χ4n) is 2.65. The third-order valence-corrected chi connectivity index (χ3v) is 4.21. The van der Waals surface area contributed by atoms with Gasteiger partial charge in [0.2, 0.25) is 0 Å². The van der Waals surface area contributed by atoms with Crippen molar-refractivity contribution in [2.45, 2.75) is 6.10 Å². The fourth-order valence-corrected chi connectivity index (χ4v) is 3.07. The largest absolute Gasteiger partial charge is 0.454 e. The number of carbonyl (C=O) groups is 1. The van der Waals surface area contributed by atoms with E-state index in [-0.39, 0.29) is 22.7 Å². The number of rotatable bonds is 5. The monoisotopic (exact) mass is 376 g/mol. The van der Waals surface area contributed by atoms with Gasteiger partial charge in [-0.2, -0.15) is 0 Å². The molecule has 6 nitrogen and oxygen atoms in total. The Labute approximate surface area is 152 Å². The maximum Gasteiger partial charge on any atom is 0.294 e. The molecule has 0 spiro atoms. The number of carbonyl (C=O) groups excluding carboxylic acids is 1. The van der Waals surface area contributed by atoms with Crippen molar-refractivity contribution in [3.05, 3.63) is 79.9 Å². The van der Waals surface area contributed by atoms with Crippen LogP contribution in [0.4, 0.5) is 5.69 Å². The lowest BCUT2D eigenvalue weighted by atomic mass is 9.97. The number of nitro groups is 1. The lowest BCUT2D eigenvalue weighted by Gasteiger charge is -2.19. The SMILES string of the molecule is O=COC(c1ccccc1[N+](=O)[O-])c1c(Cl)ccc2cc(Cl)cnc12. The van der Waals surface area contributed by atoms with Crippen LogP contribution in [0.5, 0.6) is 0 Å². The van der Waals surface area contributed by atoms with E-state index in [0.717, 1.165) is 0 Å². The topological polar surface area (TPSA) is 82.3 Å². The molecule has 3 rings (SSSR count). The van der Waals surface area contributed by atoms with Gasteiger partial charge in [-0.1, -0.05) is 41.4 Å². The molecule has 0 aliphatic carbocycles. The Morgan fingerprint density at radius 3 is 2.68 bits per heavy atom. The first-order valence-corrected chi connectivity index (χ1v) is 7.84. The third kappa shape index (κ3) is 3.26. The Kier molecular flexibility index (Phi) is 4.83. The van der Waals surface area contributed by atoms with E-state index in [4.69, 9.17) is 27.9 Å². The number of fused-ring (bicyclic) bond motifs is 1. The van der Waals surface area contributed by atoms with Crippen LogP contribution in [0.3, 0.4) is 0 Å². The minimum Gasteiger partial charge on any atom is -0.454 e. The van der Waals surface area contributed by atoms with Gasteiger partial charge < -0.3 is 4.74 Å². The van der Waals surface area contributed by atoms with Gasteiger partial charge in [-0.15, -0.1) is 0 Å². The number of hydrogen-bond donors (Lipinski definition) is 0. The number of aromatic nitrogens is 1. The Bertz CT molecular complexity index is 978. The summed E-state index contributed by atoms with van der Waals surface area (Å²) >= 11 is 12.3. The Hall–Kier alpha value is -2.70. The molecule has 1 unspecified atom stereocenters. The Morgan fingerprint density at radius 1 is 1.20 bits per heavy atom. The van der Waals surface area contributed by atoms with Crippen LogP contribution in [0.15, 0.2) is 48.7 Å². The van der Waals surface area contributed by atoms with Crippen molar-refractivity contribution in [2.24, 2.45) is 0 Å². The zero-order chi connectivity index (χ0) is 18.0. The summed E-state index contributed by atoms with van der Waals surface area (Å²) in [6, 6.07) is 11.0. The van der Waals surface area contributed by atoms with E-state index in [1.165, 1.54) is 24.4 Å². The number of para-hydroxylation sites is 1. The van der Waals surface area contributed by atoms with Crippen LogP contribution in [-0.4, -0.2) is 16.4 Å². The molecular formula is C17H10Cl2N2O4. The zero-order valence-electron chi connectivity index (χ0n) is 12.6. The highest BCUT2D eigenvalue weighted by atomic mass is 35.5. The molecular weight excluding hydrogens is 367 g/mol. The summed E-state index contributed by atoms with van der Waals surface area (Å²) in [7, 11) is 0. The number of nitrogens with zero attached hydrogens (tertiary/aromatic N) is 2. The van der Waals surface area contributed by atoms with E-state index >= 15 is 0 Å². The molecule has 2 aromatic carbocycles. The van der Waals surface area contributed by atoms with E-state index in [1.807, 2.05) is 0 Å². The normalized spacial score (nSPS) is 11.9. The number of nitro benzene ring substituents is 1. The van der Waals surface area contributed by atoms with Crippen LogP contribution >= 0.6 is 23.2 Å². The summed E-state index contributed by atoms with van der Waals surface area (Å²) in [5.41, 5.74) is 0.821. The first-order chi connectivity index (χ1) is 12.0. The number of pyridine rings is 1.